The number of ether oxygens (including phenoxy) is 1. The van der Waals surface area contributed by atoms with E-state index in [9.17, 15) is 13.6 Å². The maximum atomic E-state index is 14.8. The molecule has 0 saturated carbocycles. The second-order valence-electron chi connectivity index (χ2n) is 8.74. The Bertz CT molecular complexity index is 1390. The third-order valence-corrected chi connectivity index (χ3v) is 6.24. The number of fused-ring (bicyclic) bond motifs is 1. The van der Waals surface area contributed by atoms with Crippen LogP contribution in [0, 0.1) is 11.6 Å². The molecule has 0 unspecified atom stereocenters. The number of aromatic nitrogens is 4. The summed E-state index contributed by atoms with van der Waals surface area (Å²) in [5.41, 5.74) is 1.44. The number of nitrogens with one attached hydrogen (secondary N) is 1. The fourth-order valence-electron chi connectivity index (χ4n) is 4.60. The van der Waals surface area contributed by atoms with Crippen LogP contribution in [0.4, 0.5) is 8.78 Å². The lowest BCUT2D eigenvalue weighted by molar-refractivity contribution is 0.218. The molecule has 2 aromatic heterocycles. The minimum Gasteiger partial charge on any atom is -0.494 e. The van der Waals surface area contributed by atoms with Crippen LogP contribution in [-0.2, 0) is 13.1 Å². The van der Waals surface area contributed by atoms with Gasteiger partial charge in [0.2, 0.25) is 0 Å². The molecule has 0 radical (unpaired) electrons. The number of hydrogen-bond acceptors (Lipinski definition) is 5. The SMILES string of the molecule is CCOc1cc(F)c(Cn2nc(-c3nc(CN4CCCCC4)cc(=O)[nH]3)c3ccccc32)c(F)c1. The van der Waals surface area contributed by atoms with Crippen LogP contribution in [0.5, 0.6) is 5.75 Å². The molecule has 0 spiro atoms. The number of benzene rings is 2. The van der Waals surface area contributed by atoms with E-state index in [1.807, 2.05) is 24.3 Å². The quantitative estimate of drug-likeness (QED) is 0.423. The summed E-state index contributed by atoms with van der Waals surface area (Å²) in [5.74, 6) is -0.925. The number of halogens is 2. The van der Waals surface area contributed by atoms with Gasteiger partial charge in [-0.05, 0) is 38.9 Å². The standard InChI is InChI=1S/C26H27F2N5O2/c1-2-35-18-13-21(27)20(22(28)14-18)16-33-23-9-5-4-8-19(23)25(31-33)26-29-17(12-24(34)30-26)15-32-10-6-3-7-11-32/h4-5,8-9,12-14H,2-3,6-7,10-11,15-16H2,1H3,(H,29,30,34). The predicted octanol–water partition coefficient (Wildman–Crippen LogP) is 4.50. The highest BCUT2D eigenvalue weighted by Crippen LogP contribution is 2.28. The van der Waals surface area contributed by atoms with E-state index in [0.717, 1.165) is 31.3 Å². The van der Waals surface area contributed by atoms with Gasteiger partial charge in [0.15, 0.2) is 5.82 Å². The van der Waals surface area contributed by atoms with E-state index in [2.05, 4.69) is 15.0 Å². The molecule has 0 aliphatic carbocycles. The minimum atomic E-state index is -0.704. The first kappa shape index (κ1) is 23.2. The van der Waals surface area contributed by atoms with Crippen LogP contribution in [0.2, 0.25) is 0 Å². The molecule has 4 aromatic rings. The van der Waals surface area contributed by atoms with Crippen LogP contribution in [0.25, 0.3) is 22.4 Å². The van der Waals surface area contributed by atoms with E-state index in [-0.39, 0.29) is 23.4 Å². The van der Waals surface area contributed by atoms with Gasteiger partial charge < -0.3 is 9.72 Å². The van der Waals surface area contributed by atoms with Gasteiger partial charge in [0, 0.05) is 35.7 Å². The number of hydrogen-bond donors (Lipinski definition) is 1. The number of aromatic amines is 1. The summed E-state index contributed by atoms with van der Waals surface area (Å²) >= 11 is 0. The van der Waals surface area contributed by atoms with Crippen molar-refractivity contribution in [2.45, 2.75) is 39.3 Å². The first-order valence-corrected chi connectivity index (χ1v) is 11.9. The smallest absolute Gasteiger partial charge is 0.251 e. The van der Waals surface area contributed by atoms with Crippen molar-refractivity contribution in [2.75, 3.05) is 19.7 Å². The molecule has 182 valence electrons. The van der Waals surface area contributed by atoms with Crippen LogP contribution in [-0.4, -0.2) is 44.3 Å². The van der Waals surface area contributed by atoms with Crippen LogP contribution in [0.15, 0.2) is 47.3 Å². The summed E-state index contributed by atoms with van der Waals surface area (Å²) in [7, 11) is 0. The molecule has 5 rings (SSSR count). The third-order valence-electron chi connectivity index (χ3n) is 6.24. The van der Waals surface area contributed by atoms with Gasteiger partial charge in [-0.1, -0.05) is 24.6 Å². The van der Waals surface area contributed by atoms with Gasteiger partial charge in [-0.2, -0.15) is 5.10 Å². The van der Waals surface area contributed by atoms with Crippen molar-refractivity contribution in [3.8, 4) is 17.3 Å². The maximum Gasteiger partial charge on any atom is 0.251 e. The topological polar surface area (TPSA) is 76.0 Å². The Hall–Kier alpha value is -3.59. The van der Waals surface area contributed by atoms with Crippen molar-refractivity contribution in [1.29, 1.82) is 0 Å². The third kappa shape index (κ3) is 4.95. The summed E-state index contributed by atoms with van der Waals surface area (Å²) in [6.07, 6.45) is 3.51. The molecular formula is C26H27F2N5O2. The molecule has 2 aromatic carbocycles. The highest BCUT2D eigenvalue weighted by atomic mass is 19.1. The molecule has 9 heteroatoms. The summed E-state index contributed by atoms with van der Waals surface area (Å²) in [6, 6.07) is 11.2. The van der Waals surface area contributed by atoms with Gasteiger partial charge >= 0.3 is 0 Å². The average Bonchev–Trinajstić information content (AvgIpc) is 3.20. The number of likely N-dealkylation sites (tertiary alicyclic amines) is 1. The first-order valence-electron chi connectivity index (χ1n) is 11.9. The van der Waals surface area contributed by atoms with Crippen LogP contribution in [0.1, 0.15) is 37.4 Å². The van der Waals surface area contributed by atoms with E-state index in [1.165, 1.54) is 29.3 Å². The van der Waals surface area contributed by atoms with Crippen LogP contribution < -0.4 is 10.3 Å². The zero-order valence-electron chi connectivity index (χ0n) is 19.6. The van der Waals surface area contributed by atoms with E-state index < -0.39 is 11.6 Å². The lowest BCUT2D eigenvalue weighted by Gasteiger charge is -2.25. The van der Waals surface area contributed by atoms with Gasteiger partial charge in [0.25, 0.3) is 5.56 Å². The minimum absolute atomic E-state index is 0.117. The molecule has 0 amide bonds. The highest BCUT2D eigenvalue weighted by molar-refractivity contribution is 5.91. The molecule has 1 fully saturated rings. The van der Waals surface area contributed by atoms with Crippen LogP contribution in [0.3, 0.4) is 0 Å². The van der Waals surface area contributed by atoms with Crippen LogP contribution >= 0.6 is 0 Å². The maximum absolute atomic E-state index is 14.8. The van der Waals surface area contributed by atoms with E-state index >= 15 is 0 Å². The molecule has 1 aliphatic rings. The molecule has 0 atom stereocenters. The van der Waals surface area contributed by atoms with Crippen molar-refractivity contribution in [2.24, 2.45) is 0 Å². The zero-order valence-corrected chi connectivity index (χ0v) is 19.6. The number of rotatable bonds is 7. The monoisotopic (exact) mass is 479 g/mol. The fourth-order valence-corrected chi connectivity index (χ4v) is 4.60. The van der Waals surface area contributed by atoms with Gasteiger partial charge in [-0.3, -0.25) is 14.4 Å². The Morgan fingerprint density at radius 2 is 1.77 bits per heavy atom. The molecule has 1 N–H and O–H groups in total. The van der Waals surface area contributed by atoms with Gasteiger partial charge in [0.1, 0.15) is 23.1 Å². The Balaban J connectivity index is 1.52. The Kier molecular flexibility index (Phi) is 6.59. The molecule has 3 heterocycles. The zero-order chi connectivity index (χ0) is 24.4. The largest absolute Gasteiger partial charge is 0.494 e. The predicted molar refractivity (Wildman–Crippen MR) is 129 cm³/mol. The number of nitrogens with zero attached hydrogens (tertiary/aromatic N) is 4. The Morgan fingerprint density at radius 1 is 1.03 bits per heavy atom. The van der Waals surface area contributed by atoms with Gasteiger partial charge in [-0.25, -0.2) is 13.8 Å². The number of H-pyrrole nitrogens is 1. The molecule has 1 aliphatic heterocycles. The first-order chi connectivity index (χ1) is 17.0. The normalized spacial score (nSPS) is 14.5. The lowest BCUT2D eigenvalue weighted by Crippen LogP contribution is -2.30. The van der Waals surface area contributed by atoms with E-state index in [1.54, 1.807) is 6.92 Å². The van der Waals surface area contributed by atoms with Crippen molar-refractivity contribution in [1.82, 2.24) is 24.6 Å². The van der Waals surface area contributed by atoms with Gasteiger partial charge in [-0.15, -0.1) is 0 Å². The second kappa shape index (κ2) is 9.95. The van der Waals surface area contributed by atoms with E-state index in [4.69, 9.17) is 9.72 Å². The van der Waals surface area contributed by atoms with Crippen molar-refractivity contribution >= 4 is 10.9 Å². The Labute approximate surface area is 201 Å². The average molecular weight is 480 g/mol. The fraction of sp³-hybridized carbons (Fsp3) is 0.346. The summed E-state index contributed by atoms with van der Waals surface area (Å²) in [5, 5.41) is 5.36. The molecule has 0 bridgehead atoms. The molecule has 1 saturated heterocycles. The number of piperidine rings is 1. The van der Waals surface area contributed by atoms with E-state index in [0.29, 0.717) is 35.9 Å². The molecular weight excluding hydrogens is 452 g/mol. The number of para-hydroxylation sites is 1. The highest BCUT2D eigenvalue weighted by Gasteiger charge is 2.19. The second-order valence-corrected chi connectivity index (χ2v) is 8.74. The summed E-state index contributed by atoms with van der Waals surface area (Å²) < 4.78 is 36.3. The summed E-state index contributed by atoms with van der Waals surface area (Å²) in [4.78, 5) is 22.3. The Morgan fingerprint density at radius 3 is 2.51 bits per heavy atom. The molecule has 35 heavy (non-hydrogen) atoms. The summed E-state index contributed by atoms with van der Waals surface area (Å²) in [6.45, 7) is 4.51. The van der Waals surface area contributed by atoms with Crippen molar-refractivity contribution in [3.05, 3.63) is 75.7 Å². The molecule has 7 nitrogen and oxygen atoms in total. The van der Waals surface area contributed by atoms with Crippen molar-refractivity contribution in [3.63, 3.8) is 0 Å². The van der Waals surface area contributed by atoms with Gasteiger partial charge in [0.05, 0.1) is 24.4 Å². The van der Waals surface area contributed by atoms with Crippen molar-refractivity contribution < 1.29 is 13.5 Å². The lowest BCUT2D eigenvalue weighted by atomic mass is 10.1.